The van der Waals surface area contributed by atoms with Gasteiger partial charge < -0.3 is 4.74 Å². The topological polar surface area (TPSA) is 39.9 Å². The minimum atomic E-state index is -0.303. The van der Waals surface area contributed by atoms with Crippen LogP contribution in [0, 0.1) is 5.82 Å². The molecule has 1 aromatic heterocycles. The molecular formula is C18H18FN3OS. The van der Waals surface area contributed by atoms with Gasteiger partial charge in [0.25, 0.3) is 0 Å². The lowest BCUT2D eigenvalue weighted by Gasteiger charge is -2.11. The summed E-state index contributed by atoms with van der Waals surface area (Å²) in [5.74, 6) is 1.93. The fourth-order valence-corrected chi connectivity index (χ4v) is 3.07. The molecule has 6 heteroatoms. The molecule has 0 amide bonds. The predicted molar refractivity (Wildman–Crippen MR) is 94.3 cm³/mol. The molecule has 3 aromatic rings. The molecule has 0 radical (unpaired) electrons. The predicted octanol–water partition coefficient (Wildman–Crippen LogP) is 4.58. The Kier molecular flexibility index (Phi) is 5.15. The van der Waals surface area contributed by atoms with Crippen molar-refractivity contribution in [3.63, 3.8) is 0 Å². The Labute approximate surface area is 144 Å². The van der Waals surface area contributed by atoms with Gasteiger partial charge in [-0.15, -0.1) is 10.2 Å². The fourth-order valence-electron chi connectivity index (χ4n) is 2.40. The third-order valence-corrected chi connectivity index (χ3v) is 4.23. The second kappa shape index (κ2) is 7.49. The first-order chi connectivity index (χ1) is 11.7. The number of hydrogen-bond donors (Lipinski definition) is 0. The third-order valence-electron chi connectivity index (χ3n) is 3.42. The second-order valence-corrected chi connectivity index (χ2v) is 6.21. The van der Waals surface area contributed by atoms with E-state index in [2.05, 4.69) is 10.2 Å². The summed E-state index contributed by atoms with van der Waals surface area (Å²) in [6, 6.07) is 14.2. The SMILES string of the molecule is CCOc1ccc(-c2nnc(SCC)n2-c2ccccc2F)cc1. The Balaban J connectivity index is 2.10. The van der Waals surface area contributed by atoms with Crippen molar-refractivity contribution >= 4 is 11.8 Å². The van der Waals surface area contributed by atoms with Crippen LogP contribution in [0.3, 0.4) is 0 Å². The molecule has 0 bridgehead atoms. The fraction of sp³-hybridized carbons (Fsp3) is 0.222. The van der Waals surface area contributed by atoms with Gasteiger partial charge in [0.1, 0.15) is 11.6 Å². The molecule has 24 heavy (non-hydrogen) atoms. The molecule has 0 saturated heterocycles. The van der Waals surface area contributed by atoms with Crippen LogP contribution in [0.2, 0.25) is 0 Å². The zero-order valence-corrected chi connectivity index (χ0v) is 14.4. The van der Waals surface area contributed by atoms with Crippen LogP contribution in [0.25, 0.3) is 17.1 Å². The van der Waals surface area contributed by atoms with E-state index in [1.165, 1.54) is 17.8 Å². The highest BCUT2D eigenvalue weighted by Gasteiger charge is 2.18. The van der Waals surface area contributed by atoms with E-state index >= 15 is 0 Å². The Bertz CT molecular complexity index is 817. The Morgan fingerprint density at radius 1 is 1.04 bits per heavy atom. The number of para-hydroxylation sites is 1. The van der Waals surface area contributed by atoms with Crippen LogP contribution in [0.15, 0.2) is 53.7 Å². The minimum Gasteiger partial charge on any atom is -0.494 e. The van der Waals surface area contributed by atoms with Gasteiger partial charge in [0, 0.05) is 5.56 Å². The smallest absolute Gasteiger partial charge is 0.196 e. The standard InChI is InChI=1S/C18H18FN3OS/c1-3-23-14-11-9-13(10-12-14)17-20-21-18(24-4-2)22(17)16-8-6-5-7-15(16)19/h5-12H,3-4H2,1-2H3. The monoisotopic (exact) mass is 343 g/mol. The number of nitrogens with zero attached hydrogens (tertiary/aromatic N) is 3. The molecule has 3 rings (SSSR count). The molecule has 124 valence electrons. The molecule has 0 saturated carbocycles. The highest BCUT2D eigenvalue weighted by atomic mass is 32.2. The quantitative estimate of drug-likeness (QED) is 0.614. The van der Waals surface area contributed by atoms with Gasteiger partial charge in [-0.05, 0) is 49.1 Å². The first kappa shape index (κ1) is 16.5. The second-order valence-electron chi connectivity index (χ2n) is 4.98. The van der Waals surface area contributed by atoms with E-state index in [9.17, 15) is 4.39 Å². The minimum absolute atomic E-state index is 0.303. The van der Waals surface area contributed by atoms with Gasteiger partial charge in [0.15, 0.2) is 11.0 Å². The molecule has 0 spiro atoms. The largest absolute Gasteiger partial charge is 0.494 e. The molecule has 0 aliphatic rings. The Hall–Kier alpha value is -2.34. The molecule has 0 aliphatic heterocycles. The summed E-state index contributed by atoms with van der Waals surface area (Å²) in [4.78, 5) is 0. The molecule has 0 aliphatic carbocycles. The zero-order chi connectivity index (χ0) is 16.9. The van der Waals surface area contributed by atoms with E-state index < -0.39 is 0 Å². The van der Waals surface area contributed by atoms with E-state index in [1.807, 2.05) is 38.1 Å². The highest BCUT2D eigenvalue weighted by Crippen LogP contribution is 2.29. The molecule has 0 unspecified atom stereocenters. The van der Waals surface area contributed by atoms with Gasteiger partial charge in [-0.3, -0.25) is 4.57 Å². The summed E-state index contributed by atoms with van der Waals surface area (Å²) in [5.41, 5.74) is 1.31. The number of benzene rings is 2. The maximum atomic E-state index is 14.3. The maximum Gasteiger partial charge on any atom is 0.196 e. The number of hydrogen-bond acceptors (Lipinski definition) is 4. The van der Waals surface area contributed by atoms with Crippen molar-refractivity contribution in [2.75, 3.05) is 12.4 Å². The normalized spacial score (nSPS) is 10.8. The van der Waals surface area contributed by atoms with Crippen molar-refractivity contribution in [3.05, 3.63) is 54.3 Å². The highest BCUT2D eigenvalue weighted by molar-refractivity contribution is 7.99. The average Bonchev–Trinajstić information content (AvgIpc) is 3.00. The van der Waals surface area contributed by atoms with E-state index in [1.54, 1.807) is 22.8 Å². The van der Waals surface area contributed by atoms with Gasteiger partial charge in [-0.25, -0.2) is 4.39 Å². The average molecular weight is 343 g/mol. The van der Waals surface area contributed by atoms with Gasteiger partial charge in [0.05, 0.1) is 12.3 Å². The van der Waals surface area contributed by atoms with Crippen LogP contribution in [0.5, 0.6) is 5.75 Å². The van der Waals surface area contributed by atoms with Crippen LogP contribution >= 0.6 is 11.8 Å². The van der Waals surface area contributed by atoms with Crippen LogP contribution in [-0.4, -0.2) is 27.1 Å². The van der Waals surface area contributed by atoms with Gasteiger partial charge in [0.2, 0.25) is 0 Å². The summed E-state index contributed by atoms with van der Waals surface area (Å²) in [6.07, 6.45) is 0. The summed E-state index contributed by atoms with van der Waals surface area (Å²) < 4.78 is 21.6. The molecule has 1 heterocycles. The lowest BCUT2D eigenvalue weighted by molar-refractivity contribution is 0.340. The molecule has 2 aromatic carbocycles. The van der Waals surface area contributed by atoms with Crippen LogP contribution in [0.4, 0.5) is 4.39 Å². The van der Waals surface area contributed by atoms with Crippen molar-refractivity contribution in [3.8, 4) is 22.8 Å². The summed E-state index contributed by atoms with van der Waals surface area (Å²) in [6.45, 7) is 4.58. The van der Waals surface area contributed by atoms with Crippen molar-refractivity contribution in [1.82, 2.24) is 14.8 Å². The van der Waals surface area contributed by atoms with Gasteiger partial charge in [-0.2, -0.15) is 0 Å². The maximum absolute atomic E-state index is 14.3. The number of ether oxygens (including phenoxy) is 1. The number of thioether (sulfide) groups is 1. The van der Waals surface area contributed by atoms with Crippen molar-refractivity contribution in [2.45, 2.75) is 19.0 Å². The zero-order valence-electron chi connectivity index (χ0n) is 13.6. The lowest BCUT2D eigenvalue weighted by Crippen LogP contribution is -2.02. The van der Waals surface area contributed by atoms with Gasteiger partial charge >= 0.3 is 0 Å². The van der Waals surface area contributed by atoms with Gasteiger partial charge in [-0.1, -0.05) is 30.8 Å². The molecule has 0 N–H and O–H groups in total. The Morgan fingerprint density at radius 3 is 2.46 bits per heavy atom. The van der Waals surface area contributed by atoms with E-state index in [0.29, 0.717) is 23.3 Å². The van der Waals surface area contributed by atoms with Crippen LogP contribution in [0.1, 0.15) is 13.8 Å². The molecule has 4 nitrogen and oxygen atoms in total. The van der Waals surface area contributed by atoms with E-state index in [4.69, 9.17) is 4.74 Å². The molecule has 0 atom stereocenters. The van der Waals surface area contributed by atoms with E-state index in [0.717, 1.165) is 17.1 Å². The third kappa shape index (κ3) is 3.28. The number of rotatable bonds is 6. The summed E-state index contributed by atoms with van der Waals surface area (Å²) in [7, 11) is 0. The van der Waals surface area contributed by atoms with E-state index in [-0.39, 0.29) is 5.82 Å². The Morgan fingerprint density at radius 2 is 1.79 bits per heavy atom. The van der Waals surface area contributed by atoms with Crippen molar-refractivity contribution in [1.29, 1.82) is 0 Å². The molecule has 0 fully saturated rings. The van der Waals surface area contributed by atoms with Crippen LogP contribution in [-0.2, 0) is 0 Å². The van der Waals surface area contributed by atoms with Crippen LogP contribution < -0.4 is 4.74 Å². The summed E-state index contributed by atoms with van der Waals surface area (Å²) >= 11 is 1.53. The lowest BCUT2D eigenvalue weighted by atomic mass is 10.2. The molecular weight excluding hydrogens is 325 g/mol. The first-order valence-corrected chi connectivity index (χ1v) is 8.79. The van der Waals surface area contributed by atoms with Crippen molar-refractivity contribution < 1.29 is 9.13 Å². The number of aromatic nitrogens is 3. The number of halogens is 1. The van der Waals surface area contributed by atoms with Crippen molar-refractivity contribution in [2.24, 2.45) is 0 Å². The summed E-state index contributed by atoms with van der Waals surface area (Å²) in [5, 5.41) is 9.19. The first-order valence-electron chi connectivity index (χ1n) is 7.81.